The lowest BCUT2D eigenvalue weighted by Crippen LogP contribution is -1.88. The molecule has 0 aliphatic heterocycles. The van der Waals surface area contributed by atoms with E-state index in [2.05, 4.69) is 15.9 Å². The number of benzene rings is 1. The standard InChI is InChI=1S/C9H7BrClNO2S/c1-12-5-8(15(11,13)14)6-3-2-4-7(10)9(6)12/h2-5H,1H3. The zero-order valence-electron chi connectivity index (χ0n) is 7.74. The van der Waals surface area contributed by atoms with Gasteiger partial charge in [0.2, 0.25) is 0 Å². The van der Waals surface area contributed by atoms with E-state index in [9.17, 15) is 8.42 Å². The smallest absolute Gasteiger partial charge is 0.263 e. The van der Waals surface area contributed by atoms with Crippen molar-refractivity contribution in [3.63, 3.8) is 0 Å². The molecule has 1 aromatic carbocycles. The molecule has 0 aliphatic carbocycles. The molecule has 0 bridgehead atoms. The van der Waals surface area contributed by atoms with Gasteiger partial charge in [-0.1, -0.05) is 12.1 Å². The highest BCUT2D eigenvalue weighted by molar-refractivity contribution is 9.10. The SMILES string of the molecule is Cn1cc(S(=O)(=O)Cl)c2cccc(Br)c21. The molecule has 1 aromatic heterocycles. The summed E-state index contributed by atoms with van der Waals surface area (Å²) < 4.78 is 25.2. The summed E-state index contributed by atoms with van der Waals surface area (Å²) in [4.78, 5) is 0.142. The van der Waals surface area contributed by atoms with Crippen LogP contribution in [-0.2, 0) is 16.1 Å². The Morgan fingerprint density at radius 3 is 2.67 bits per heavy atom. The predicted octanol–water partition coefficient (Wildman–Crippen LogP) is 2.87. The Balaban J connectivity index is 2.98. The van der Waals surface area contributed by atoms with Gasteiger partial charge in [0.1, 0.15) is 4.90 Å². The number of fused-ring (bicyclic) bond motifs is 1. The molecule has 0 saturated carbocycles. The zero-order chi connectivity index (χ0) is 11.2. The van der Waals surface area contributed by atoms with Crippen LogP contribution in [0.25, 0.3) is 10.9 Å². The van der Waals surface area contributed by atoms with Crippen LogP contribution in [0.3, 0.4) is 0 Å². The van der Waals surface area contributed by atoms with Gasteiger partial charge in [0.25, 0.3) is 9.05 Å². The van der Waals surface area contributed by atoms with Gasteiger partial charge in [-0.25, -0.2) is 8.42 Å². The van der Waals surface area contributed by atoms with Crippen molar-refractivity contribution in [1.29, 1.82) is 0 Å². The van der Waals surface area contributed by atoms with E-state index < -0.39 is 9.05 Å². The number of halogens is 2. The molecule has 15 heavy (non-hydrogen) atoms. The summed E-state index contributed by atoms with van der Waals surface area (Å²) >= 11 is 3.37. The normalized spacial score (nSPS) is 12.2. The van der Waals surface area contributed by atoms with Crippen LogP contribution in [-0.4, -0.2) is 13.0 Å². The molecule has 0 fully saturated rings. The first-order chi connectivity index (χ1) is 6.91. The maximum atomic E-state index is 11.3. The van der Waals surface area contributed by atoms with E-state index in [0.717, 1.165) is 9.99 Å². The lowest BCUT2D eigenvalue weighted by atomic mass is 10.2. The van der Waals surface area contributed by atoms with Crippen LogP contribution in [0.1, 0.15) is 0 Å². The third-order valence-electron chi connectivity index (χ3n) is 2.18. The molecule has 0 atom stereocenters. The van der Waals surface area contributed by atoms with Crippen molar-refractivity contribution in [2.75, 3.05) is 0 Å². The Kier molecular flexibility index (Phi) is 2.56. The Bertz CT molecular complexity index is 633. The average molecular weight is 309 g/mol. The van der Waals surface area contributed by atoms with E-state index in [1.54, 1.807) is 23.7 Å². The quantitative estimate of drug-likeness (QED) is 0.760. The lowest BCUT2D eigenvalue weighted by molar-refractivity contribution is 0.610. The van der Waals surface area contributed by atoms with Crippen molar-refractivity contribution in [2.45, 2.75) is 4.90 Å². The maximum Gasteiger partial charge on any atom is 0.263 e. The summed E-state index contributed by atoms with van der Waals surface area (Å²) in [6.45, 7) is 0. The number of rotatable bonds is 1. The highest BCUT2D eigenvalue weighted by Crippen LogP contribution is 2.31. The molecule has 2 aromatic rings. The molecular weight excluding hydrogens is 302 g/mol. The van der Waals surface area contributed by atoms with Gasteiger partial charge < -0.3 is 4.57 Å². The fourth-order valence-electron chi connectivity index (χ4n) is 1.58. The van der Waals surface area contributed by atoms with Crippen molar-refractivity contribution >= 4 is 46.6 Å². The van der Waals surface area contributed by atoms with Crippen molar-refractivity contribution in [3.8, 4) is 0 Å². The van der Waals surface area contributed by atoms with E-state index in [1.807, 2.05) is 6.07 Å². The molecule has 0 N–H and O–H groups in total. The molecule has 0 amide bonds. The first-order valence-electron chi connectivity index (χ1n) is 4.09. The monoisotopic (exact) mass is 307 g/mol. The van der Waals surface area contributed by atoms with Gasteiger partial charge in [0, 0.05) is 33.8 Å². The Hall–Kier alpha value is -0.520. The molecule has 2 rings (SSSR count). The first-order valence-corrected chi connectivity index (χ1v) is 7.19. The molecule has 0 unspecified atom stereocenters. The van der Waals surface area contributed by atoms with Gasteiger partial charge in [-0.15, -0.1) is 0 Å². The van der Waals surface area contributed by atoms with Crippen LogP contribution in [0.15, 0.2) is 33.8 Å². The van der Waals surface area contributed by atoms with E-state index in [-0.39, 0.29) is 4.90 Å². The lowest BCUT2D eigenvalue weighted by Gasteiger charge is -1.97. The third-order valence-corrected chi connectivity index (χ3v) is 4.17. The second kappa shape index (κ2) is 3.50. The van der Waals surface area contributed by atoms with Crippen LogP contribution in [0.5, 0.6) is 0 Å². The van der Waals surface area contributed by atoms with E-state index in [1.165, 1.54) is 6.20 Å². The van der Waals surface area contributed by atoms with Gasteiger partial charge in [-0.05, 0) is 22.0 Å². The Labute approximate surface area is 100 Å². The van der Waals surface area contributed by atoms with Crippen LogP contribution in [0, 0.1) is 0 Å². The number of aromatic nitrogens is 1. The van der Waals surface area contributed by atoms with Gasteiger partial charge in [-0.3, -0.25) is 0 Å². The molecule has 0 radical (unpaired) electrons. The van der Waals surface area contributed by atoms with Gasteiger partial charge in [0.05, 0.1) is 5.52 Å². The van der Waals surface area contributed by atoms with Gasteiger partial charge in [0.15, 0.2) is 0 Å². The van der Waals surface area contributed by atoms with Gasteiger partial charge in [-0.2, -0.15) is 0 Å². The Morgan fingerprint density at radius 1 is 1.40 bits per heavy atom. The fraction of sp³-hybridized carbons (Fsp3) is 0.111. The van der Waals surface area contributed by atoms with Crippen LogP contribution >= 0.6 is 26.6 Å². The second-order valence-corrected chi connectivity index (χ2v) is 6.57. The summed E-state index contributed by atoms with van der Waals surface area (Å²) in [6, 6.07) is 5.36. The average Bonchev–Trinajstić information content (AvgIpc) is 2.44. The van der Waals surface area contributed by atoms with Crippen molar-refractivity contribution in [2.24, 2.45) is 7.05 Å². The summed E-state index contributed by atoms with van der Waals surface area (Å²) in [7, 11) is 3.43. The third kappa shape index (κ3) is 1.79. The Morgan fingerprint density at radius 2 is 2.07 bits per heavy atom. The van der Waals surface area contributed by atoms with Crippen molar-refractivity contribution < 1.29 is 8.42 Å². The van der Waals surface area contributed by atoms with E-state index in [0.29, 0.717) is 5.39 Å². The molecule has 1 heterocycles. The van der Waals surface area contributed by atoms with Crippen LogP contribution in [0.2, 0.25) is 0 Å². The number of nitrogens with zero attached hydrogens (tertiary/aromatic N) is 1. The minimum Gasteiger partial charge on any atom is -0.348 e. The van der Waals surface area contributed by atoms with Crippen molar-refractivity contribution in [3.05, 3.63) is 28.9 Å². The summed E-state index contributed by atoms with van der Waals surface area (Å²) in [5, 5.41) is 0.627. The maximum absolute atomic E-state index is 11.3. The number of para-hydroxylation sites is 1. The first kappa shape index (κ1) is 11.0. The highest BCUT2D eigenvalue weighted by Gasteiger charge is 2.18. The molecule has 0 saturated heterocycles. The number of hydrogen-bond acceptors (Lipinski definition) is 2. The molecule has 0 aliphatic rings. The zero-order valence-corrected chi connectivity index (χ0v) is 10.9. The predicted molar refractivity (Wildman–Crippen MR) is 63.7 cm³/mol. The highest BCUT2D eigenvalue weighted by atomic mass is 79.9. The molecule has 3 nitrogen and oxygen atoms in total. The minimum absolute atomic E-state index is 0.142. The molecule has 80 valence electrons. The van der Waals surface area contributed by atoms with Gasteiger partial charge >= 0.3 is 0 Å². The van der Waals surface area contributed by atoms with Crippen molar-refractivity contribution in [1.82, 2.24) is 4.57 Å². The summed E-state index contributed by atoms with van der Waals surface area (Å²) in [5.74, 6) is 0. The van der Waals surface area contributed by atoms with E-state index >= 15 is 0 Å². The molecular formula is C9H7BrClNO2S. The van der Waals surface area contributed by atoms with Crippen LogP contribution < -0.4 is 0 Å². The molecule has 0 spiro atoms. The number of hydrogen-bond donors (Lipinski definition) is 0. The van der Waals surface area contributed by atoms with E-state index in [4.69, 9.17) is 10.7 Å². The summed E-state index contributed by atoms with van der Waals surface area (Å²) in [6.07, 6.45) is 1.51. The minimum atomic E-state index is -3.69. The largest absolute Gasteiger partial charge is 0.348 e. The molecule has 6 heteroatoms. The second-order valence-electron chi connectivity index (χ2n) is 3.18. The fourth-order valence-corrected chi connectivity index (χ4v) is 3.30. The van der Waals surface area contributed by atoms with Crippen LogP contribution in [0.4, 0.5) is 0 Å². The summed E-state index contributed by atoms with van der Waals surface area (Å²) in [5.41, 5.74) is 0.816. The number of aryl methyl sites for hydroxylation is 1. The topological polar surface area (TPSA) is 39.1 Å².